The van der Waals surface area contributed by atoms with Gasteiger partial charge in [-0.3, -0.25) is 4.79 Å². The highest BCUT2D eigenvalue weighted by Gasteiger charge is 2.19. The molecule has 1 rings (SSSR count). The number of hydrogen-bond donors (Lipinski definition) is 0. The number of benzene rings is 1. The van der Waals surface area contributed by atoms with E-state index in [9.17, 15) is 4.79 Å². The molecule has 0 aromatic heterocycles. The minimum absolute atomic E-state index is 0.0298. The number of amides is 1. The van der Waals surface area contributed by atoms with E-state index in [1.165, 1.54) is 0 Å². The Balaban J connectivity index is 3.19. The molecule has 0 unspecified atom stereocenters. The van der Waals surface area contributed by atoms with Gasteiger partial charge in [0.2, 0.25) is 0 Å². The Kier molecular flexibility index (Phi) is 7.50. The van der Waals surface area contributed by atoms with Crippen molar-refractivity contribution < 1.29 is 14.3 Å². The Hall–Kier alpha value is -1.97. The maximum absolute atomic E-state index is 12.7. The van der Waals surface area contributed by atoms with Crippen LogP contribution in [-0.2, 0) is 6.42 Å². The van der Waals surface area contributed by atoms with Crippen molar-refractivity contribution in [3.8, 4) is 11.5 Å². The van der Waals surface area contributed by atoms with Crippen LogP contribution in [-0.4, -0.2) is 38.1 Å². The second-order valence-electron chi connectivity index (χ2n) is 5.10. The highest BCUT2D eigenvalue weighted by molar-refractivity contribution is 5.95. The summed E-state index contributed by atoms with van der Waals surface area (Å²) in [6.07, 6.45) is 4.49. The molecule has 22 heavy (non-hydrogen) atoms. The lowest BCUT2D eigenvalue weighted by Gasteiger charge is -2.22. The summed E-state index contributed by atoms with van der Waals surface area (Å²) in [6, 6.07) is 3.63. The summed E-state index contributed by atoms with van der Waals surface area (Å²) in [5, 5.41) is 0. The number of unbranched alkanes of at least 4 members (excludes halogenated alkanes) is 1. The molecule has 0 fully saturated rings. The predicted molar refractivity (Wildman–Crippen MR) is 89.9 cm³/mol. The lowest BCUT2D eigenvalue weighted by molar-refractivity contribution is 0.0761. The highest BCUT2D eigenvalue weighted by Crippen LogP contribution is 2.33. The van der Waals surface area contributed by atoms with Gasteiger partial charge in [0.05, 0.1) is 14.2 Å². The maximum atomic E-state index is 12.7. The Morgan fingerprint density at radius 2 is 2.00 bits per heavy atom. The van der Waals surface area contributed by atoms with E-state index in [0.29, 0.717) is 30.0 Å². The van der Waals surface area contributed by atoms with Crippen molar-refractivity contribution in [2.45, 2.75) is 33.1 Å². The second-order valence-corrected chi connectivity index (χ2v) is 5.10. The van der Waals surface area contributed by atoms with Crippen molar-refractivity contribution in [3.05, 3.63) is 35.9 Å². The lowest BCUT2D eigenvalue weighted by Crippen LogP contribution is -2.31. The van der Waals surface area contributed by atoms with Crippen LogP contribution in [0.3, 0.4) is 0 Å². The molecule has 0 saturated heterocycles. The summed E-state index contributed by atoms with van der Waals surface area (Å²) in [7, 11) is 3.18. The molecule has 0 bridgehead atoms. The Morgan fingerprint density at radius 3 is 2.50 bits per heavy atom. The van der Waals surface area contributed by atoms with Crippen LogP contribution in [0.5, 0.6) is 11.5 Å². The molecule has 0 N–H and O–H groups in total. The third kappa shape index (κ3) is 4.26. The first-order valence-electron chi connectivity index (χ1n) is 7.77. The molecule has 0 radical (unpaired) electrons. The number of methoxy groups -OCH3 is 2. The van der Waals surface area contributed by atoms with Gasteiger partial charge in [0.1, 0.15) is 0 Å². The molecule has 1 amide bonds. The van der Waals surface area contributed by atoms with E-state index in [1.807, 2.05) is 17.9 Å². The monoisotopic (exact) mass is 305 g/mol. The van der Waals surface area contributed by atoms with Gasteiger partial charge in [-0.25, -0.2) is 0 Å². The minimum atomic E-state index is 0.0298. The predicted octanol–water partition coefficient (Wildman–Crippen LogP) is 3.69. The van der Waals surface area contributed by atoms with Crippen molar-refractivity contribution >= 4 is 5.91 Å². The van der Waals surface area contributed by atoms with Crippen LogP contribution >= 0.6 is 0 Å². The molecule has 122 valence electrons. The van der Waals surface area contributed by atoms with Crippen LogP contribution in [0, 0.1) is 0 Å². The van der Waals surface area contributed by atoms with Crippen molar-refractivity contribution in [3.63, 3.8) is 0 Å². The smallest absolute Gasteiger partial charge is 0.253 e. The van der Waals surface area contributed by atoms with E-state index < -0.39 is 0 Å². The number of rotatable bonds is 9. The van der Waals surface area contributed by atoms with Crippen LogP contribution in [0.25, 0.3) is 0 Å². The number of allylic oxidation sites excluding steroid dienone is 1. The Bertz CT molecular complexity index is 511. The SMILES string of the molecule is C=CCc1cc(C(=O)N(CC)CCCC)cc(OC)c1OC. The quantitative estimate of drug-likeness (QED) is 0.653. The number of nitrogens with zero attached hydrogens (tertiary/aromatic N) is 1. The zero-order chi connectivity index (χ0) is 16.5. The van der Waals surface area contributed by atoms with Crippen LogP contribution in [0.4, 0.5) is 0 Å². The van der Waals surface area contributed by atoms with Crippen molar-refractivity contribution in [1.82, 2.24) is 4.90 Å². The largest absolute Gasteiger partial charge is 0.493 e. The van der Waals surface area contributed by atoms with E-state index >= 15 is 0 Å². The maximum Gasteiger partial charge on any atom is 0.253 e. The number of carbonyl (C=O) groups is 1. The van der Waals surface area contributed by atoms with E-state index in [4.69, 9.17) is 9.47 Å². The normalized spacial score (nSPS) is 10.2. The molecule has 0 saturated carbocycles. The molecule has 0 heterocycles. The summed E-state index contributed by atoms with van der Waals surface area (Å²) >= 11 is 0. The minimum Gasteiger partial charge on any atom is -0.493 e. The molecule has 0 aliphatic rings. The van der Waals surface area contributed by atoms with E-state index in [0.717, 1.165) is 24.9 Å². The Morgan fingerprint density at radius 1 is 1.27 bits per heavy atom. The molecular formula is C18H27NO3. The summed E-state index contributed by atoms with van der Waals surface area (Å²) < 4.78 is 10.8. The molecule has 0 spiro atoms. The third-order valence-electron chi connectivity index (χ3n) is 3.62. The number of hydrogen-bond acceptors (Lipinski definition) is 3. The molecule has 0 aliphatic carbocycles. The summed E-state index contributed by atoms with van der Waals surface area (Å²) in [5.41, 5.74) is 1.54. The highest BCUT2D eigenvalue weighted by atomic mass is 16.5. The molecule has 1 aromatic rings. The van der Waals surface area contributed by atoms with Gasteiger partial charge in [-0.1, -0.05) is 19.4 Å². The molecule has 0 aliphatic heterocycles. The van der Waals surface area contributed by atoms with Gasteiger partial charge >= 0.3 is 0 Å². The zero-order valence-corrected chi connectivity index (χ0v) is 14.1. The van der Waals surface area contributed by atoms with Crippen molar-refractivity contribution in [2.75, 3.05) is 27.3 Å². The first kappa shape index (κ1) is 18.1. The van der Waals surface area contributed by atoms with Gasteiger partial charge in [0, 0.05) is 24.2 Å². The van der Waals surface area contributed by atoms with Crippen LogP contribution in [0.2, 0.25) is 0 Å². The van der Waals surface area contributed by atoms with Gasteiger partial charge in [-0.2, -0.15) is 0 Å². The topological polar surface area (TPSA) is 38.8 Å². The van der Waals surface area contributed by atoms with Crippen LogP contribution < -0.4 is 9.47 Å². The van der Waals surface area contributed by atoms with Crippen LogP contribution in [0.15, 0.2) is 24.8 Å². The molecule has 1 aromatic carbocycles. The van der Waals surface area contributed by atoms with Crippen LogP contribution in [0.1, 0.15) is 42.6 Å². The number of ether oxygens (including phenoxy) is 2. The fraction of sp³-hybridized carbons (Fsp3) is 0.500. The van der Waals surface area contributed by atoms with Gasteiger partial charge in [0.15, 0.2) is 11.5 Å². The van der Waals surface area contributed by atoms with Crippen molar-refractivity contribution in [1.29, 1.82) is 0 Å². The van der Waals surface area contributed by atoms with Gasteiger partial charge in [-0.05, 0) is 31.9 Å². The van der Waals surface area contributed by atoms with Crippen molar-refractivity contribution in [2.24, 2.45) is 0 Å². The summed E-state index contributed by atoms with van der Waals surface area (Å²) in [4.78, 5) is 14.6. The van der Waals surface area contributed by atoms with Gasteiger partial charge in [0.25, 0.3) is 5.91 Å². The third-order valence-corrected chi connectivity index (χ3v) is 3.62. The average molecular weight is 305 g/mol. The fourth-order valence-corrected chi connectivity index (χ4v) is 2.41. The first-order chi connectivity index (χ1) is 10.6. The Labute approximate surface area is 133 Å². The summed E-state index contributed by atoms with van der Waals surface area (Å²) in [5.74, 6) is 1.27. The zero-order valence-electron chi connectivity index (χ0n) is 14.1. The standard InChI is InChI=1S/C18H27NO3/c1-6-9-11-19(8-3)18(20)15-12-14(10-7-2)17(22-5)16(13-15)21-4/h7,12-13H,2,6,8-11H2,1,3-5H3. The van der Waals surface area contributed by atoms with E-state index in [-0.39, 0.29) is 5.91 Å². The summed E-state index contributed by atoms with van der Waals surface area (Å²) in [6.45, 7) is 9.36. The molecule has 0 atom stereocenters. The van der Waals surface area contributed by atoms with Gasteiger partial charge in [-0.15, -0.1) is 6.58 Å². The number of carbonyl (C=O) groups excluding carboxylic acids is 1. The fourth-order valence-electron chi connectivity index (χ4n) is 2.41. The first-order valence-corrected chi connectivity index (χ1v) is 7.77. The lowest BCUT2D eigenvalue weighted by atomic mass is 10.0. The van der Waals surface area contributed by atoms with E-state index in [1.54, 1.807) is 26.4 Å². The molecule has 4 nitrogen and oxygen atoms in total. The molecule has 4 heteroatoms. The average Bonchev–Trinajstić information content (AvgIpc) is 2.54. The van der Waals surface area contributed by atoms with E-state index in [2.05, 4.69) is 13.5 Å². The van der Waals surface area contributed by atoms with Gasteiger partial charge < -0.3 is 14.4 Å². The second kappa shape index (κ2) is 9.13. The molecular weight excluding hydrogens is 278 g/mol.